The van der Waals surface area contributed by atoms with Crippen LogP contribution in [-0.2, 0) is 0 Å². The molecule has 2 rings (SSSR count). The first-order chi connectivity index (χ1) is 8.74. The third kappa shape index (κ3) is 4.51. The Balaban J connectivity index is 1.72. The van der Waals surface area contributed by atoms with Gasteiger partial charge in [-0.05, 0) is 30.5 Å². The molecule has 100 valence electrons. The third-order valence-electron chi connectivity index (χ3n) is 3.62. The van der Waals surface area contributed by atoms with E-state index in [1.807, 2.05) is 24.3 Å². The van der Waals surface area contributed by atoms with Gasteiger partial charge in [0.05, 0.1) is 0 Å². The topological polar surface area (TPSA) is 35.2 Å². The number of hydrogen-bond donors (Lipinski definition) is 1. The van der Waals surface area contributed by atoms with Gasteiger partial charge in [0.2, 0.25) is 0 Å². The summed E-state index contributed by atoms with van der Waals surface area (Å²) in [7, 11) is 0. The summed E-state index contributed by atoms with van der Waals surface area (Å²) >= 11 is 5.90. The minimum atomic E-state index is 0.132. The lowest BCUT2D eigenvalue weighted by atomic mass is 9.85. The van der Waals surface area contributed by atoms with Crippen molar-refractivity contribution in [3.8, 4) is 5.75 Å². The summed E-state index contributed by atoms with van der Waals surface area (Å²) in [6.45, 7) is 0.580. The molecule has 1 aliphatic rings. The molecule has 1 aromatic carbocycles. The van der Waals surface area contributed by atoms with Gasteiger partial charge >= 0.3 is 0 Å². The molecule has 3 heteroatoms. The molecular formula is C15H22ClNO. The van der Waals surface area contributed by atoms with Crippen LogP contribution in [0.2, 0.25) is 5.02 Å². The van der Waals surface area contributed by atoms with Crippen molar-refractivity contribution < 1.29 is 4.74 Å². The van der Waals surface area contributed by atoms with E-state index in [-0.39, 0.29) is 6.04 Å². The van der Waals surface area contributed by atoms with Gasteiger partial charge in [-0.3, -0.25) is 0 Å². The van der Waals surface area contributed by atoms with Crippen LogP contribution in [0.15, 0.2) is 24.3 Å². The van der Waals surface area contributed by atoms with Crippen molar-refractivity contribution in [2.75, 3.05) is 6.61 Å². The maximum Gasteiger partial charge on any atom is 0.120 e. The first-order valence-corrected chi connectivity index (χ1v) is 7.26. The Morgan fingerprint density at radius 1 is 1.28 bits per heavy atom. The monoisotopic (exact) mass is 267 g/mol. The molecule has 0 aliphatic heterocycles. The van der Waals surface area contributed by atoms with Crippen molar-refractivity contribution >= 4 is 11.6 Å². The molecule has 1 unspecified atom stereocenters. The molecule has 0 radical (unpaired) electrons. The van der Waals surface area contributed by atoms with E-state index in [1.165, 1.54) is 32.1 Å². The van der Waals surface area contributed by atoms with E-state index in [9.17, 15) is 0 Å². The summed E-state index contributed by atoms with van der Waals surface area (Å²) < 4.78 is 5.68. The zero-order valence-corrected chi connectivity index (χ0v) is 11.5. The first kappa shape index (κ1) is 13.7. The Morgan fingerprint density at radius 3 is 2.78 bits per heavy atom. The van der Waals surface area contributed by atoms with Crippen molar-refractivity contribution in [3.05, 3.63) is 29.3 Å². The van der Waals surface area contributed by atoms with Crippen LogP contribution in [0.4, 0.5) is 0 Å². The summed E-state index contributed by atoms with van der Waals surface area (Å²) in [4.78, 5) is 0. The van der Waals surface area contributed by atoms with Crippen LogP contribution in [0.1, 0.15) is 38.5 Å². The fraction of sp³-hybridized carbons (Fsp3) is 0.600. The summed E-state index contributed by atoms with van der Waals surface area (Å²) in [5.41, 5.74) is 6.13. The number of nitrogens with two attached hydrogens (primary N) is 1. The molecule has 1 atom stereocenters. The number of ether oxygens (including phenoxy) is 1. The highest BCUT2D eigenvalue weighted by Gasteiger charge is 2.17. The smallest absolute Gasteiger partial charge is 0.120 e. The van der Waals surface area contributed by atoms with Crippen LogP contribution in [0.5, 0.6) is 5.75 Å². The van der Waals surface area contributed by atoms with Gasteiger partial charge in [0.1, 0.15) is 12.4 Å². The molecule has 0 bridgehead atoms. The molecule has 18 heavy (non-hydrogen) atoms. The molecule has 0 heterocycles. The summed E-state index contributed by atoms with van der Waals surface area (Å²) in [6, 6.07) is 7.61. The van der Waals surface area contributed by atoms with Crippen LogP contribution in [-0.4, -0.2) is 12.6 Å². The second kappa shape index (κ2) is 7.01. The van der Waals surface area contributed by atoms with Crippen LogP contribution in [0.3, 0.4) is 0 Å². The van der Waals surface area contributed by atoms with Crippen LogP contribution < -0.4 is 10.5 Å². The van der Waals surface area contributed by atoms with Crippen molar-refractivity contribution in [1.29, 1.82) is 0 Å². The van der Waals surface area contributed by atoms with Gasteiger partial charge in [-0.25, -0.2) is 0 Å². The molecule has 0 amide bonds. The molecule has 1 aliphatic carbocycles. The molecule has 0 spiro atoms. The average Bonchev–Trinajstić information content (AvgIpc) is 2.38. The summed E-state index contributed by atoms with van der Waals surface area (Å²) in [5, 5.41) is 0.702. The van der Waals surface area contributed by atoms with E-state index >= 15 is 0 Å². The Bertz CT molecular complexity index is 363. The maximum absolute atomic E-state index is 6.13. The molecule has 0 aromatic heterocycles. The minimum absolute atomic E-state index is 0.132. The van der Waals surface area contributed by atoms with E-state index in [2.05, 4.69) is 0 Å². The van der Waals surface area contributed by atoms with E-state index < -0.39 is 0 Å². The van der Waals surface area contributed by atoms with Gasteiger partial charge in [-0.2, -0.15) is 0 Å². The van der Waals surface area contributed by atoms with Crippen molar-refractivity contribution in [3.63, 3.8) is 0 Å². The standard InChI is InChI=1S/C15H22ClNO/c16-13-7-4-8-15(10-13)18-11-14(17)9-12-5-2-1-3-6-12/h4,7-8,10,12,14H,1-3,5-6,9,11,17H2. The van der Waals surface area contributed by atoms with Gasteiger partial charge in [0, 0.05) is 11.1 Å². The highest BCUT2D eigenvalue weighted by atomic mass is 35.5. The van der Waals surface area contributed by atoms with Crippen LogP contribution in [0.25, 0.3) is 0 Å². The van der Waals surface area contributed by atoms with E-state index in [0.29, 0.717) is 11.6 Å². The minimum Gasteiger partial charge on any atom is -0.492 e. The van der Waals surface area contributed by atoms with Crippen molar-refractivity contribution in [1.82, 2.24) is 0 Å². The molecule has 0 saturated heterocycles. The van der Waals surface area contributed by atoms with Gasteiger partial charge in [-0.15, -0.1) is 0 Å². The zero-order chi connectivity index (χ0) is 12.8. The SMILES string of the molecule is NC(COc1cccc(Cl)c1)CC1CCCCC1. The van der Waals surface area contributed by atoms with Gasteiger partial charge in [-0.1, -0.05) is 49.8 Å². The highest BCUT2D eigenvalue weighted by molar-refractivity contribution is 6.30. The third-order valence-corrected chi connectivity index (χ3v) is 3.86. The lowest BCUT2D eigenvalue weighted by Gasteiger charge is -2.24. The predicted molar refractivity (Wildman–Crippen MR) is 76.1 cm³/mol. The Morgan fingerprint density at radius 2 is 2.06 bits per heavy atom. The fourth-order valence-electron chi connectivity index (χ4n) is 2.68. The largest absolute Gasteiger partial charge is 0.492 e. The molecule has 1 saturated carbocycles. The summed E-state index contributed by atoms with van der Waals surface area (Å²) in [6.07, 6.45) is 7.89. The van der Waals surface area contributed by atoms with E-state index in [1.54, 1.807) is 0 Å². The van der Waals surface area contributed by atoms with Crippen molar-refractivity contribution in [2.45, 2.75) is 44.6 Å². The lowest BCUT2D eigenvalue weighted by Crippen LogP contribution is -2.31. The van der Waals surface area contributed by atoms with Crippen LogP contribution in [0, 0.1) is 5.92 Å². The fourth-order valence-corrected chi connectivity index (χ4v) is 2.86. The van der Waals surface area contributed by atoms with Gasteiger partial charge in [0.25, 0.3) is 0 Å². The lowest BCUT2D eigenvalue weighted by molar-refractivity contribution is 0.244. The van der Waals surface area contributed by atoms with E-state index in [0.717, 1.165) is 18.1 Å². The van der Waals surface area contributed by atoms with E-state index in [4.69, 9.17) is 22.1 Å². The van der Waals surface area contributed by atoms with Crippen LogP contribution >= 0.6 is 11.6 Å². The highest BCUT2D eigenvalue weighted by Crippen LogP contribution is 2.27. The normalized spacial score (nSPS) is 18.6. The zero-order valence-electron chi connectivity index (χ0n) is 10.8. The number of rotatable bonds is 5. The Kier molecular flexibility index (Phi) is 5.33. The van der Waals surface area contributed by atoms with Crippen molar-refractivity contribution in [2.24, 2.45) is 11.7 Å². The molecule has 1 aromatic rings. The number of hydrogen-bond acceptors (Lipinski definition) is 2. The average molecular weight is 268 g/mol. The van der Waals surface area contributed by atoms with Gasteiger partial charge < -0.3 is 10.5 Å². The first-order valence-electron chi connectivity index (χ1n) is 6.88. The maximum atomic E-state index is 6.13. The Labute approximate surface area is 114 Å². The summed E-state index contributed by atoms with van der Waals surface area (Å²) in [5.74, 6) is 1.61. The second-order valence-electron chi connectivity index (χ2n) is 5.27. The molecular weight excluding hydrogens is 246 g/mol. The number of benzene rings is 1. The molecule has 2 N–H and O–H groups in total. The van der Waals surface area contributed by atoms with Gasteiger partial charge in [0.15, 0.2) is 0 Å². The second-order valence-corrected chi connectivity index (χ2v) is 5.70. The molecule has 2 nitrogen and oxygen atoms in total. The Hall–Kier alpha value is -0.730. The number of halogens is 1. The predicted octanol–water partition coefficient (Wildman–Crippen LogP) is 4.02. The quantitative estimate of drug-likeness (QED) is 0.875. The molecule has 1 fully saturated rings.